The van der Waals surface area contributed by atoms with Gasteiger partial charge in [0.25, 0.3) is 0 Å². The van der Waals surface area contributed by atoms with Crippen LogP contribution in [0.15, 0.2) is 35.2 Å². The van der Waals surface area contributed by atoms with E-state index in [1.807, 2.05) is 19.1 Å². The fraction of sp³-hybridized carbons (Fsp3) is 0.357. The molecule has 0 aliphatic carbocycles. The SMILES string of the molecule is CCC1C=CCN1S(=O)(=O)c1cc(C(=O)O)ccc1C. The lowest BCUT2D eigenvalue weighted by molar-refractivity contribution is 0.0696. The van der Waals surface area contributed by atoms with Crippen LogP contribution in [0, 0.1) is 6.92 Å². The number of sulfonamides is 1. The van der Waals surface area contributed by atoms with Crippen LogP contribution in [0.3, 0.4) is 0 Å². The smallest absolute Gasteiger partial charge is 0.335 e. The van der Waals surface area contributed by atoms with E-state index in [9.17, 15) is 13.2 Å². The van der Waals surface area contributed by atoms with Crippen LogP contribution in [-0.4, -0.2) is 36.4 Å². The van der Waals surface area contributed by atoms with E-state index in [2.05, 4.69) is 0 Å². The first-order chi connectivity index (χ1) is 9.37. The Morgan fingerprint density at radius 2 is 2.15 bits per heavy atom. The summed E-state index contributed by atoms with van der Waals surface area (Å²) in [6.07, 6.45) is 4.38. The molecule has 1 heterocycles. The maximum atomic E-state index is 12.7. The Kier molecular flexibility index (Phi) is 3.96. The molecule has 1 aromatic carbocycles. The quantitative estimate of drug-likeness (QED) is 0.862. The monoisotopic (exact) mass is 295 g/mol. The van der Waals surface area contributed by atoms with Gasteiger partial charge in [0.15, 0.2) is 0 Å². The largest absolute Gasteiger partial charge is 0.478 e. The molecule has 5 nitrogen and oxygen atoms in total. The van der Waals surface area contributed by atoms with Gasteiger partial charge in [-0.3, -0.25) is 0 Å². The number of aromatic carboxylic acids is 1. The summed E-state index contributed by atoms with van der Waals surface area (Å²) in [5, 5.41) is 9.01. The van der Waals surface area contributed by atoms with Gasteiger partial charge in [0.05, 0.1) is 10.5 Å². The van der Waals surface area contributed by atoms with E-state index in [4.69, 9.17) is 5.11 Å². The van der Waals surface area contributed by atoms with Crippen LogP contribution >= 0.6 is 0 Å². The average molecular weight is 295 g/mol. The molecule has 1 unspecified atom stereocenters. The van der Waals surface area contributed by atoms with Crippen molar-refractivity contribution >= 4 is 16.0 Å². The number of nitrogens with zero attached hydrogens (tertiary/aromatic N) is 1. The lowest BCUT2D eigenvalue weighted by atomic mass is 10.1. The first-order valence-electron chi connectivity index (χ1n) is 6.40. The van der Waals surface area contributed by atoms with Crippen molar-refractivity contribution in [2.24, 2.45) is 0 Å². The van der Waals surface area contributed by atoms with Crippen molar-refractivity contribution in [1.29, 1.82) is 0 Å². The Morgan fingerprint density at radius 3 is 2.75 bits per heavy atom. The number of carboxylic acid groups (broad SMARTS) is 1. The number of benzene rings is 1. The van der Waals surface area contributed by atoms with Crippen LogP contribution in [0.2, 0.25) is 0 Å². The maximum Gasteiger partial charge on any atom is 0.335 e. The number of carbonyl (C=O) groups is 1. The summed E-state index contributed by atoms with van der Waals surface area (Å²) in [6, 6.07) is 4.02. The molecule has 0 radical (unpaired) electrons. The lowest BCUT2D eigenvalue weighted by Crippen LogP contribution is -2.36. The summed E-state index contributed by atoms with van der Waals surface area (Å²) in [6.45, 7) is 3.92. The highest BCUT2D eigenvalue weighted by Crippen LogP contribution is 2.26. The number of hydrogen-bond acceptors (Lipinski definition) is 3. The molecule has 1 aromatic rings. The summed E-state index contributed by atoms with van der Waals surface area (Å²) in [5.74, 6) is -1.13. The zero-order valence-corrected chi connectivity index (χ0v) is 12.2. The number of hydrogen-bond donors (Lipinski definition) is 1. The minimum Gasteiger partial charge on any atom is -0.478 e. The van der Waals surface area contributed by atoms with E-state index in [0.29, 0.717) is 18.5 Å². The van der Waals surface area contributed by atoms with Gasteiger partial charge in [0.1, 0.15) is 0 Å². The highest BCUT2D eigenvalue weighted by atomic mass is 32.2. The second kappa shape index (κ2) is 5.38. The molecule has 1 aliphatic rings. The van der Waals surface area contributed by atoms with E-state index in [-0.39, 0.29) is 16.5 Å². The van der Waals surface area contributed by atoms with Gasteiger partial charge in [-0.15, -0.1) is 0 Å². The van der Waals surface area contributed by atoms with Gasteiger partial charge in [-0.1, -0.05) is 25.1 Å². The first-order valence-corrected chi connectivity index (χ1v) is 7.84. The molecule has 1 N–H and O–H groups in total. The van der Waals surface area contributed by atoms with Crippen molar-refractivity contribution in [3.8, 4) is 0 Å². The standard InChI is InChI=1S/C14H17NO4S/c1-3-12-5-4-8-15(12)20(18,19)13-9-11(14(16)17)7-6-10(13)2/h4-7,9,12H,3,8H2,1-2H3,(H,16,17). The number of carboxylic acids is 1. The Balaban J connectivity index is 2.49. The van der Waals surface area contributed by atoms with E-state index >= 15 is 0 Å². The molecular weight excluding hydrogens is 278 g/mol. The minimum atomic E-state index is -3.68. The third-order valence-electron chi connectivity index (χ3n) is 3.45. The summed E-state index contributed by atoms with van der Waals surface area (Å²) < 4.78 is 26.8. The van der Waals surface area contributed by atoms with Gasteiger partial charge in [-0.25, -0.2) is 13.2 Å². The topological polar surface area (TPSA) is 74.7 Å². The van der Waals surface area contributed by atoms with E-state index in [1.165, 1.54) is 22.5 Å². The molecular formula is C14H17NO4S. The zero-order valence-electron chi connectivity index (χ0n) is 11.4. The van der Waals surface area contributed by atoms with Crippen LogP contribution in [-0.2, 0) is 10.0 Å². The molecule has 108 valence electrons. The first kappa shape index (κ1) is 14.7. The third-order valence-corrected chi connectivity index (χ3v) is 5.49. The molecule has 1 aliphatic heterocycles. The zero-order chi connectivity index (χ0) is 14.9. The number of rotatable bonds is 4. The van der Waals surface area contributed by atoms with Gasteiger partial charge < -0.3 is 5.11 Å². The van der Waals surface area contributed by atoms with Gasteiger partial charge >= 0.3 is 5.97 Å². The minimum absolute atomic E-state index is 0.0191. The van der Waals surface area contributed by atoms with E-state index in [0.717, 1.165) is 0 Å². The fourth-order valence-corrected chi connectivity index (χ4v) is 4.17. The Morgan fingerprint density at radius 1 is 1.45 bits per heavy atom. The van der Waals surface area contributed by atoms with Crippen LogP contribution in [0.5, 0.6) is 0 Å². The maximum absolute atomic E-state index is 12.7. The highest BCUT2D eigenvalue weighted by Gasteiger charge is 2.32. The van der Waals surface area contributed by atoms with Crippen LogP contribution in [0.4, 0.5) is 0 Å². The third kappa shape index (κ3) is 2.48. The fourth-order valence-electron chi connectivity index (χ4n) is 2.31. The summed E-state index contributed by atoms with van der Waals surface area (Å²) in [5.41, 5.74) is 0.533. The molecule has 0 amide bonds. The Bertz CT molecular complexity index is 664. The van der Waals surface area contributed by atoms with Crippen molar-refractivity contribution in [2.45, 2.75) is 31.2 Å². The molecule has 0 aromatic heterocycles. The van der Waals surface area contributed by atoms with Gasteiger partial charge in [-0.05, 0) is 31.0 Å². The molecule has 0 saturated heterocycles. The van der Waals surface area contributed by atoms with E-state index in [1.54, 1.807) is 6.92 Å². The molecule has 0 saturated carbocycles. The molecule has 0 fully saturated rings. The normalized spacial score (nSPS) is 19.4. The van der Waals surface area contributed by atoms with Gasteiger partial charge in [-0.2, -0.15) is 4.31 Å². The molecule has 0 bridgehead atoms. The van der Waals surface area contributed by atoms with Crippen molar-refractivity contribution in [1.82, 2.24) is 4.31 Å². The summed E-state index contributed by atoms with van der Waals surface area (Å²) in [4.78, 5) is 11.1. The lowest BCUT2D eigenvalue weighted by Gasteiger charge is -2.24. The van der Waals surface area contributed by atoms with E-state index < -0.39 is 16.0 Å². The van der Waals surface area contributed by atoms with Crippen molar-refractivity contribution in [2.75, 3.05) is 6.54 Å². The van der Waals surface area contributed by atoms with Crippen LogP contribution in [0.25, 0.3) is 0 Å². The van der Waals surface area contributed by atoms with Crippen molar-refractivity contribution in [3.05, 3.63) is 41.5 Å². The predicted molar refractivity (Wildman–Crippen MR) is 75.2 cm³/mol. The average Bonchev–Trinajstić information content (AvgIpc) is 2.87. The van der Waals surface area contributed by atoms with Gasteiger partial charge in [0, 0.05) is 12.6 Å². The second-order valence-electron chi connectivity index (χ2n) is 4.76. The summed E-state index contributed by atoms with van der Waals surface area (Å²) >= 11 is 0. The van der Waals surface area contributed by atoms with Crippen LogP contribution in [0.1, 0.15) is 29.3 Å². The summed E-state index contributed by atoms with van der Waals surface area (Å²) in [7, 11) is -3.68. The predicted octanol–water partition coefficient (Wildman–Crippen LogP) is 2.03. The Hall–Kier alpha value is -1.66. The van der Waals surface area contributed by atoms with Crippen molar-refractivity contribution in [3.63, 3.8) is 0 Å². The molecule has 1 atom stereocenters. The highest BCUT2D eigenvalue weighted by molar-refractivity contribution is 7.89. The number of aryl methyl sites for hydroxylation is 1. The second-order valence-corrected chi connectivity index (χ2v) is 6.62. The Labute approximate surface area is 118 Å². The molecule has 6 heteroatoms. The molecule has 20 heavy (non-hydrogen) atoms. The van der Waals surface area contributed by atoms with Crippen molar-refractivity contribution < 1.29 is 18.3 Å². The van der Waals surface area contributed by atoms with Crippen LogP contribution < -0.4 is 0 Å². The molecule has 0 spiro atoms. The molecule has 2 rings (SSSR count). The van der Waals surface area contributed by atoms with Gasteiger partial charge in [0.2, 0.25) is 10.0 Å².